The van der Waals surface area contributed by atoms with Crippen molar-refractivity contribution in [1.29, 1.82) is 0 Å². The third-order valence-corrected chi connectivity index (χ3v) is 2.52. The molecule has 1 amide bonds. The van der Waals surface area contributed by atoms with Crippen molar-refractivity contribution >= 4 is 5.91 Å². The minimum absolute atomic E-state index is 0.0455. The summed E-state index contributed by atoms with van der Waals surface area (Å²) in [5, 5.41) is 2.91. The second-order valence-corrected chi connectivity index (χ2v) is 4.28. The summed E-state index contributed by atoms with van der Waals surface area (Å²) >= 11 is 0. The van der Waals surface area contributed by atoms with Gasteiger partial charge < -0.3 is 4.90 Å². The second kappa shape index (κ2) is 7.46. The Kier molecular flexibility index (Phi) is 5.89. The number of carbonyl (C=O) groups excluding carboxylic acids is 1. The largest absolute Gasteiger partial charge is 0.335 e. The molecule has 1 aromatic rings. The van der Waals surface area contributed by atoms with E-state index in [0.29, 0.717) is 13.1 Å². The highest BCUT2D eigenvalue weighted by Crippen LogP contribution is 2.07. The average Bonchev–Trinajstić information content (AvgIpc) is 2.37. The molecule has 1 heterocycles. The molecule has 0 spiro atoms. The van der Waals surface area contributed by atoms with Gasteiger partial charge in [-0.25, -0.2) is 0 Å². The third-order valence-electron chi connectivity index (χ3n) is 2.52. The Bertz CT molecular complexity index is 409. The summed E-state index contributed by atoms with van der Waals surface area (Å²) in [6, 6.07) is 3.98. The van der Waals surface area contributed by atoms with Gasteiger partial charge >= 0.3 is 0 Å². The van der Waals surface area contributed by atoms with Crippen molar-refractivity contribution in [2.75, 3.05) is 13.1 Å². The number of hydrogen-bond acceptors (Lipinski definition) is 3. The molecule has 1 N–H and O–H groups in total. The third kappa shape index (κ3) is 4.56. The molecule has 0 aliphatic carbocycles. The Morgan fingerprint density at radius 1 is 1.61 bits per heavy atom. The fourth-order valence-corrected chi connectivity index (χ4v) is 1.59. The van der Waals surface area contributed by atoms with Crippen molar-refractivity contribution in [2.24, 2.45) is 0 Å². The van der Waals surface area contributed by atoms with Crippen molar-refractivity contribution in [3.05, 3.63) is 30.1 Å². The first-order chi connectivity index (χ1) is 8.65. The van der Waals surface area contributed by atoms with Crippen LogP contribution in [-0.4, -0.2) is 34.9 Å². The van der Waals surface area contributed by atoms with E-state index in [9.17, 15) is 4.79 Å². The number of carbonyl (C=O) groups is 1. The minimum Gasteiger partial charge on any atom is -0.335 e. The minimum atomic E-state index is 0.0455. The molecular formula is C14H19N3O. The molecule has 18 heavy (non-hydrogen) atoms. The van der Waals surface area contributed by atoms with Crippen LogP contribution in [0.2, 0.25) is 0 Å². The molecule has 0 unspecified atom stereocenters. The number of amides is 1. The zero-order valence-corrected chi connectivity index (χ0v) is 10.9. The van der Waals surface area contributed by atoms with Gasteiger partial charge in [-0.2, -0.15) is 0 Å². The van der Waals surface area contributed by atoms with Crippen LogP contribution in [0.25, 0.3) is 0 Å². The van der Waals surface area contributed by atoms with E-state index in [1.807, 2.05) is 26.0 Å². The molecule has 0 atom stereocenters. The molecule has 1 aromatic heterocycles. The number of rotatable bonds is 6. The predicted octanol–water partition coefficient (Wildman–Crippen LogP) is 1.04. The molecule has 0 bridgehead atoms. The number of nitrogens with zero attached hydrogens (tertiary/aromatic N) is 2. The van der Waals surface area contributed by atoms with Crippen LogP contribution < -0.4 is 5.32 Å². The van der Waals surface area contributed by atoms with Crippen molar-refractivity contribution in [3.63, 3.8) is 0 Å². The highest BCUT2D eigenvalue weighted by atomic mass is 16.2. The van der Waals surface area contributed by atoms with Gasteiger partial charge in [0.05, 0.1) is 13.1 Å². The van der Waals surface area contributed by atoms with E-state index < -0.39 is 0 Å². The van der Waals surface area contributed by atoms with Gasteiger partial charge in [0.15, 0.2) is 0 Å². The van der Waals surface area contributed by atoms with E-state index in [2.05, 4.69) is 16.2 Å². The fraction of sp³-hybridized carbons (Fsp3) is 0.429. The summed E-state index contributed by atoms with van der Waals surface area (Å²) in [4.78, 5) is 17.9. The summed E-state index contributed by atoms with van der Waals surface area (Å²) in [5.41, 5.74) is 1.02. The maximum Gasteiger partial charge on any atom is 0.237 e. The van der Waals surface area contributed by atoms with E-state index in [1.54, 1.807) is 17.3 Å². The Labute approximate surface area is 108 Å². The van der Waals surface area contributed by atoms with E-state index in [-0.39, 0.29) is 18.5 Å². The highest BCUT2D eigenvalue weighted by Gasteiger charge is 2.16. The fourth-order valence-electron chi connectivity index (χ4n) is 1.59. The number of pyridine rings is 1. The summed E-state index contributed by atoms with van der Waals surface area (Å²) in [6.45, 7) is 5.24. The normalized spacial score (nSPS) is 10.1. The van der Waals surface area contributed by atoms with Gasteiger partial charge in [0.1, 0.15) is 0 Å². The first-order valence-electron chi connectivity index (χ1n) is 5.97. The highest BCUT2D eigenvalue weighted by molar-refractivity contribution is 5.78. The summed E-state index contributed by atoms with van der Waals surface area (Å²) in [6.07, 6.45) is 8.63. The lowest BCUT2D eigenvalue weighted by Crippen LogP contribution is -2.41. The quantitative estimate of drug-likeness (QED) is 0.601. The number of hydrogen-bond donors (Lipinski definition) is 1. The molecule has 0 saturated heterocycles. The maximum absolute atomic E-state index is 12.0. The molecule has 0 aliphatic heterocycles. The van der Waals surface area contributed by atoms with Crippen molar-refractivity contribution in [2.45, 2.75) is 26.4 Å². The SMILES string of the molecule is C#CCNCC(=O)N(Cc1cccnc1)C(C)C. The molecule has 0 radical (unpaired) electrons. The van der Waals surface area contributed by atoms with Crippen LogP contribution >= 0.6 is 0 Å². The van der Waals surface area contributed by atoms with Crippen LogP contribution in [0.5, 0.6) is 0 Å². The summed E-state index contributed by atoms with van der Waals surface area (Å²) in [7, 11) is 0. The van der Waals surface area contributed by atoms with E-state index >= 15 is 0 Å². The van der Waals surface area contributed by atoms with Crippen LogP contribution in [0.15, 0.2) is 24.5 Å². The van der Waals surface area contributed by atoms with E-state index in [4.69, 9.17) is 6.42 Å². The summed E-state index contributed by atoms with van der Waals surface area (Å²) in [5.74, 6) is 2.49. The molecule has 0 aromatic carbocycles. The average molecular weight is 245 g/mol. The van der Waals surface area contributed by atoms with Crippen molar-refractivity contribution < 1.29 is 4.79 Å². The van der Waals surface area contributed by atoms with Gasteiger partial charge in [-0.3, -0.25) is 15.1 Å². The van der Waals surface area contributed by atoms with E-state index in [1.165, 1.54) is 0 Å². The maximum atomic E-state index is 12.0. The number of aromatic nitrogens is 1. The molecule has 4 heteroatoms. The second-order valence-electron chi connectivity index (χ2n) is 4.28. The van der Waals surface area contributed by atoms with Gasteiger partial charge in [0, 0.05) is 25.0 Å². The van der Waals surface area contributed by atoms with Gasteiger partial charge in [0.25, 0.3) is 0 Å². The predicted molar refractivity (Wildman–Crippen MR) is 71.6 cm³/mol. The van der Waals surface area contributed by atoms with Crippen molar-refractivity contribution in [3.8, 4) is 12.3 Å². The first kappa shape index (κ1) is 14.2. The van der Waals surface area contributed by atoms with Crippen molar-refractivity contribution in [1.82, 2.24) is 15.2 Å². The number of nitrogens with one attached hydrogen (secondary N) is 1. The Morgan fingerprint density at radius 2 is 2.39 bits per heavy atom. The number of terminal acetylenes is 1. The first-order valence-corrected chi connectivity index (χ1v) is 5.97. The smallest absolute Gasteiger partial charge is 0.237 e. The van der Waals surface area contributed by atoms with Gasteiger partial charge in [-0.05, 0) is 25.5 Å². The van der Waals surface area contributed by atoms with E-state index in [0.717, 1.165) is 5.56 Å². The van der Waals surface area contributed by atoms with Gasteiger partial charge in [-0.1, -0.05) is 12.0 Å². The zero-order valence-electron chi connectivity index (χ0n) is 10.9. The lowest BCUT2D eigenvalue weighted by Gasteiger charge is -2.26. The Balaban J connectivity index is 2.60. The monoisotopic (exact) mass is 245 g/mol. The molecule has 1 rings (SSSR count). The van der Waals surface area contributed by atoms with Crippen LogP contribution in [0.4, 0.5) is 0 Å². The summed E-state index contributed by atoms with van der Waals surface area (Å²) < 4.78 is 0. The molecule has 96 valence electrons. The Hall–Kier alpha value is -1.86. The van der Waals surface area contributed by atoms with Gasteiger partial charge in [-0.15, -0.1) is 6.42 Å². The van der Waals surface area contributed by atoms with Crippen LogP contribution in [0.1, 0.15) is 19.4 Å². The molecule has 0 aliphatic rings. The zero-order chi connectivity index (χ0) is 13.4. The van der Waals surface area contributed by atoms with Crippen LogP contribution in [0, 0.1) is 12.3 Å². The molecule has 0 saturated carbocycles. The topological polar surface area (TPSA) is 45.2 Å². The lowest BCUT2D eigenvalue weighted by molar-refractivity contribution is -0.132. The lowest BCUT2D eigenvalue weighted by atomic mass is 10.2. The molecule has 4 nitrogen and oxygen atoms in total. The molecular weight excluding hydrogens is 226 g/mol. The standard InChI is InChI=1S/C14H19N3O/c1-4-7-15-10-14(18)17(12(2)3)11-13-6-5-8-16-9-13/h1,5-6,8-9,12,15H,7,10-11H2,2-3H3. The van der Waals surface area contributed by atoms with Gasteiger partial charge in [0.2, 0.25) is 5.91 Å². The molecule has 0 fully saturated rings. The Morgan fingerprint density at radius 3 is 2.94 bits per heavy atom. The van der Waals surface area contributed by atoms with Crippen LogP contribution in [-0.2, 0) is 11.3 Å². The van der Waals surface area contributed by atoms with Crippen LogP contribution in [0.3, 0.4) is 0 Å².